The number of nitrogens with one attached hydrogen (secondary N) is 1. The molecule has 1 aromatic heterocycles. The van der Waals surface area contributed by atoms with Gasteiger partial charge in [-0.3, -0.25) is 9.52 Å². The Bertz CT molecular complexity index is 754. The van der Waals surface area contributed by atoms with Gasteiger partial charge in [-0.1, -0.05) is 18.2 Å². The number of rotatable bonds is 4. The van der Waals surface area contributed by atoms with Crippen LogP contribution in [0.2, 0.25) is 0 Å². The highest BCUT2D eigenvalue weighted by Gasteiger charge is 2.25. The van der Waals surface area contributed by atoms with Crippen LogP contribution in [-0.4, -0.2) is 20.9 Å². The summed E-state index contributed by atoms with van der Waals surface area (Å²) < 4.78 is 27.4. The van der Waals surface area contributed by atoms with Crippen molar-refractivity contribution in [2.24, 2.45) is 0 Å². The van der Waals surface area contributed by atoms with Crippen molar-refractivity contribution < 1.29 is 13.2 Å². The van der Waals surface area contributed by atoms with Crippen molar-refractivity contribution in [1.82, 2.24) is 0 Å². The Labute approximate surface area is 127 Å². The molecule has 1 N–H and O–H groups in total. The number of hydrogen-bond acceptors (Lipinski definition) is 4. The van der Waals surface area contributed by atoms with Gasteiger partial charge in [0.1, 0.15) is 4.21 Å². The van der Waals surface area contributed by atoms with Gasteiger partial charge >= 0.3 is 0 Å². The van der Waals surface area contributed by atoms with Gasteiger partial charge in [0.25, 0.3) is 10.0 Å². The Morgan fingerprint density at radius 2 is 1.95 bits per heavy atom. The van der Waals surface area contributed by atoms with Gasteiger partial charge in [-0.05, 0) is 30.0 Å². The molecule has 5 nitrogen and oxygen atoms in total. The second-order valence-corrected chi connectivity index (χ2v) is 7.56. The van der Waals surface area contributed by atoms with E-state index < -0.39 is 10.0 Å². The lowest BCUT2D eigenvalue weighted by Crippen LogP contribution is -2.25. The van der Waals surface area contributed by atoms with E-state index in [2.05, 4.69) is 4.72 Å². The maximum atomic E-state index is 12.3. The van der Waals surface area contributed by atoms with E-state index in [0.717, 1.165) is 17.8 Å². The van der Waals surface area contributed by atoms with Crippen LogP contribution in [0.5, 0.6) is 0 Å². The van der Waals surface area contributed by atoms with Crippen LogP contribution in [-0.2, 0) is 14.8 Å². The molecule has 0 unspecified atom stereocenters. The monoisotopic (exact) mass is 322 g/mol. The van der Waals surface area contributed by atoms with Gasteiger partial charge in [0, 0.05) is 13.0 Å². The van der Waals surface area contributed by atoms with Crippen molar-refractivity contribution in [1.29, 1.82) is 0 Å². The maximum absolute atomic E-state index is 12.3. The van der Waals surface area contributed by atoms with Crippen LogP contribution in [0.3, 0.4) is 0 Å². The van der Waals surface area contributed by atoms with Gasteiger partial charge < -0.3 is 4.90 Å². The summed E-state index contributed by atoms with van der Waals surface area (Å²) in [5.74, 6) is 0.0257. The summed E-state index contributed by atoms with van der Waals surface area (Å²) in [6, 6.07) is 10.2. The Morgan fingerprint density at radius 1 is 1.14 bits per heavy atom. The number of benzene rings is 1. The molecule has 0 atom stereocenters. The topological polar surface area (TPSA) is 66.5 Å². The van der Waals surface area contributed by atoms with E-state index in [4.69, 9.17) is 0 Å². The molecule has 21 heavy (non-hydrogen) atoms. The third-order valence-electron chi connectivity index (χ3n) is 3.27. The van der Waals surface area contributed by atoms with Gasteiger partial charge in [0.15, 0.2) is 0 Å². The molecular weight excluding hydrogens is 308 g/mol. The Balaban J connectivity index is 1.95. The second kappa shape index (κ2) is 5.50. The van der Waals surface area contributed by atoms with Crippen LogP contribution < -0.4 is 9.62 Å². The van der Waals surface area contributed by atoms with Crippen molar-refractivity contribution in [3.8, 4) is 0 Å². The Kier molecular flexibility index (Phi) is 3.69. The van der Waals surface area contributed by atoms with Gasteiger partial charge in [-0.2, -0.15) is 0 Å². The molecule has 1 aliphatic heterocycles. The van der Waals surface area contributed by atoms with E-state index in [1.807, 2.05) is 0 Å². The fraction of sp³-hybridized carbons (Fsp3) is 0.214. The number of hydrogen-bond donors (Lipinski definition) is 1. The standard InChI is InChI=1S/C14H14N2O3S2/c17-13-7-3-9-16(13)12-6-2-1-5-11(12)15-21(18,19)14-8-4-10-20-14/h1-2,4-6,8,10,15H,3,7,9H2. The Morgan fingerprint density at radius 3 is 2.62 bits per heavy atom. The summed E-state index contributed by atoms with van der Waals surface area (Å²) in [7, 11) is -3.61. The number of thiophene rings is 1. The predicted octanol–water partition coefficient (Wildman–Crippen LogP) is 2.68. The zero-order chi connectivity index (χ0) is 14.9. The molecule has 2 aromatic rings. The van der Waals surface area contributed by atoms with Crippen molar-refractivity contribution in [3.05, 3.63) is 41.8 Å². The first-order valence-corrected chi connectivity index (χ1v) is 8.90. The summed E-state index contributed by atoms with van der Waals surface area (Å²) in [5.41, 5.74) is 1.04. The number of sulfonamides is 1. The smallest absolute Gasteiger partial charge is 0.271 e. The fourth-order valence-corrected chi connectivity index (χ4v) is 4.38. The number of nitrogens with zero attached hydrogens (tertiary/aromatic N) is 1. The van der Waals surface area contributed by atoms with Crippen LogP contribution in [0.15, 0.2) is 46.0 Å². The van der Waals surface area contributed by atoms with Crippen molar-refractivity contribution in [2.75, 3.05) is 16.2 Å². The first-order valence-electron chi connectivity index (χ1n) is 6.54. The van der Waals surface area contributed by atoms with Crippen molar-refractivity contribution in [3.63, 3.8) is 0 Å². The van der Waals surface area contributed by atoms with E-state index in [9.17, 15) is 13.2 Å². The molecule has 1 saturated heterocycles. The average Bonchev–Trinajstić information content (AvgIpc) is 3.10. The first-order chi connectivity index (χ1) is 10.1. The van der Waals surface area contributed by atoms with Gasteiger partial charge in [0.2, 0.25) is 5.91 Å². The SMILES string of the molecule is O=C1CCCN1c1ccccc1NS(=O)(=O)c1cccs1. The molecule has 1 aromatic carbocycles. The van der Waals surface area contributed by atoms with Gasteiger partial charge in [-0.25, -0.2) is 8.42 Å². The number of carbonyl (C=O) groups is 1. The Hall–Kier alpha value is -1.86. The lowest BCUT2D eigenvalue weighted by molar-refractivity contribution is -0.117. The minimum atomic E-state index is -3.61. The lowest BCUT2D eigenvalue weighted by Gasteiger charge is -2.20. The number of anilines is 2. The van der Waals surface area contributed by atoms with E-state index in [0.29, 0.717) is 24.3 Å². The zero-order valence-electron chi connectivity index (χ0n) is 11.2. The molecule has 3 rings (SSSR count). The van der Waals surface area contributed by atoms with E-state index >= 15 is 0 Å². The maximum Gasteiger partial charge on any atom is 0.271 e. The van der Waals surface area contributed by atoms with Crippen LogP contribution in [0.4, 0.5) is 11.4 Å². The van der Waals surface area contributed by atoms with Crippen LogP contribution in [0.25, 0.3) is 0 Å². The summed E-state index contributed by atoms with van der Waals surface area (Å²) in [6.07, 6.45) is 1.30. The first kappa shape index (κ1) is 14.1. The third-order valence-corrected chi connectivity index (χ3v) is 6.04. The summed E-state index contributed by atoms with van der Waals surface area (Å²) in [5, 5.41) is 1.71. The highest BCUT2D eigenvalue weighted by atomic mass is 32.2. The largest absolute Gasteiger partial charge is 0.310 e. The highest BCUT2D eigenvalue weighted by Crippen LogP contribution is 2.31. The highest BCUT2D eigenvalue weighted by molar-refractivity contribution is 7.94. The fourth-order valence-electron chi connectivity index (χ4n) is 2.31. The van der Waals surface area contributed by atoms with Crippen molar-refractivity contribution >= 4 is 38.6 Å². The van der Waals surface area contributed by atoms with E-state index in [1.54, 1.807) is 46.7 Å². The van der Waals surface area contributed by atoms with Gasteiger partial charge in [-0.15, -0.1) is 11.3 Å². The molecule has 0 radical (unpaired) electrons. The zero-order valence-corrected chi connectivity index (χ0v) is 12.8. The molecule has 0 saturated carbocycles. The van der Waals surface area contributed by atoms with Crippen molar-refractivity contribution in [2.45, 2.75) is 17.1 Å². The summed E-state index contributed by atoms with van der Waals surface area (Å²) in [4.78, 5) is 13.5. The molecule has 7 heteroatoms. The predicted molar refractivity (Wildman–Crippen MR) is 83.2 cm³/mol. The van der Waals surface area contributed by atoms with Crippen LogP contribution in [0.1, 0.15) is 12.8 Å². The number of para-hydroxylation sites is 2. The molecular formula is C14H14N2O3S2. The van der Waals surface area contributed by atoms with E-state index in [1.165, 1.54) is 0 Å². The van der Waals surface area contributed by atoms with Crippen LogP contribution in [0, 0.1) is 0 Å². The average molecular weight is 322 g/mol. The molecule has 1 amide bonds. The third kappa shape index (κ3) is 2.79. The molecule has 0 bridgehead atoms. The lowest BCUT2D eigenvalue weighted by atomic mass is 10.2. The normalized spacial score (nSPS) is 15.4. The molecule has 1 aliphatic rings. The molecule has 0 spiro atoms. The number of amides is 1. The quantitative estimate of drug-likeness (QED) is 0.941. The molecule has 2 heterocycles. The number of carbonyl (C=O) groups excluding carboxylic acids is 1. The van der Waals surface area contributed by atoms with E-state index in [-0.39, 0.29) is 10.1 Å². The molecule has 1 fully saturated rings. The second-order valence-electron chi connectivity index (χ2n) is 4.70. The summed E-state index contributed by atoms with van der Waals surface area (Å²) in [6.45, 7) is 0.622. The minimum Gasteiger partial charge on any atom is -0.310 e. The molecule has 110 valence electrons. The van der Waals surface area contributed by atoms with Gasteiger partial charge in [0.05, 0.1) is 11.4 Å². The summed E-state index contributed by atoms with van der Waals surface area (Å²) >= 11 is 1.16. The van der Waals surface area contributed by atoms with Crippen LogP contribution >= 0.6 is 11.3 Å². The molecule has 0 aliphatic carbocycles. The minimum absolute atomic E-state index is 0.0257.